The predicted molar refractivity (Wildman–Crippen MR) is 69.7 cm³/mol. The predicted octanol–water partition coefficient (Wildman–Crippen LogP) is 3.86. The fraction of sp³-hybridized carbons (Fsp3) is 0.333. The molecule has 1 atom stereocenters. The van der Waals surface area contributed by atoms with Crippen LogP contribution in [0.25, 0.3) is 10.8 Å². The third-order valence-electron chi connectivity index (χ3n) is 3.78. The maximum atomic E-state index is 6.13. The summed E-state index contributed by atoms with van der Waals surface area (Å²) in [6, 6.07) is 10.7. The zero-order chi connectivity index (χ0) is 11.1. The first-order valence-electron chi connectivity index (χ1n) is 6.07. The number of hydrogen-bond acceptors (Lipinski definition) is 1. The highest BCUT2D eigenvalue weighted by molar-refractivity contribution is 5.96. The number of benzene rings is 2. The molecule has 0 amide bonds. The van der Waals surface area contributed by atoms with Crippen molar-refractivity contribution in [3.8, 4) is 0 Å². The summed E-state index contributed by atoms with van der Waals surface area (Å²) in [6.45, 7) is 2.33. The second kappa shape index (κ2) is 3.51. The molecule has 0 bridgehead atoms. The number of nitrogen functional groups attached to an aromatic ring is 1. The maximum absolute atomic E-state index is 6.13. The second-order valence-electron chi connectivity index (χ2n) is 4.88. The zero-order valence-corrected chi connectivity index (χ0v) is 9.66. The fourth-order valence-corrected chi connectivity index (χ4v) is 3.02. The largest absolute Gasteiger partial charge is 0.398 e. The first kappa shape index (κ1) is 9.71. The Labute approximate surface area is 96.3 Å². The lowest BCUT2D eigenvalue weighted by Crippen LogP contribution is -2.08. The molecule has 0 radical (unpaired) electrons. The van der Waals surface area contributed by atoms with Crippen molar-refractivity contribution in [2.75, 3.05) is 5.73 Å². The van der Waals surface area contributed by atoms with Crippen LogP contribution in [0.1, 0.15) is 36.8 Å². The van der Waals surface area contributed by atoms with E-state index in [1.165, 1.54) is 41.2 Å². The number of aryl methyl sites for hydroxylation is 1. The van der Waals surface area contributed by atoms with E-state index in [1.54, 1.807) is 0 Å². The summed E-state index contributed by atoms with van der Waals surface area (Å²) < 4.78 is 0. The van der Waals surface area contributed by atoms with Crippen molar-refractivity contribution in [2.45, 2.75) is 32.1 Å². The van der Waals surface area contributed by atoms with Crippen molar-refractivity contribution in [3.05, 3.63) is 41.5 Å². The lowest BCUT2D eigenvalue weighted by Gasteiger charge is -2.25. The number of fused-ring (bicyclic) bond motifs is 3. The molecule has 0 aromatic heterocycles. The van der Waals surface area contributed by atoms with Gasteiger partial charge in [0.2, 0.25) is 0 Å². The van der Waals surface area contributed by atoms with E-state index in [0.717, 1.165) is 5.69 Å². The Balaban J connectivity index is 2.40. The van der Waals surface area contributed by atoms with Gasteiger partial charge in [-0.2, -0.15) is 0 Å². The molecule has 1 aliphatic carbocycles. The summed E-state index contributed by atoms with van der Waals surface area (Å²) >= 11 is 0. The Bertz CT molecular complexity index is 542. The topological polar surface area (TPSA) is 26.0 Å². The third kappa shape index (κ3) is 1.31. The highest BCUT2D eigenvalue weighted by Gasteiger charge is 2.19. The lowest BCUT2D eigenvalue weighted by molar-refractivity contribution is 0.595. The van der Waals surface area contributed by atoms with Gasteiger partial charge in [0, 0.05) is 11.1 Å². The molecule has 82 valence electrons. The van der Waals surface area contributed by atoms with Gasteiger partial charge in [-0.3, -0.25) is 0 Å². The van der Waals surface area contributed by atoms with Crippen LogP contribution in [0.3, 0.4) is 0 Å². The first-order valence-corrected chi connectivity index (χ1v) is 6.07. The quantitative estimate of drug-likeness (QED) is 0.658. The SMILES string of the molecule is C[C@@H]1CCCc2cc(N)c3ccccc3c21. The Morgan fingerprint density at radius 1 is 1.19 bits per heavy atom. The van der Waals surface area contributed by atoms with E-state index >= 15 is 0 Å². The van der Waals surface area contributed by atoms with Crippen LogP contribution in [0.2, 0.25) is 0 Å². The molecule has 0 unspecified atom stereocenters. The van der Waals surface area contributed by atoms with Gasteiger partial charge in [-0.05, 0) is 47.8 Å². The summed E-state index contributed by atoms with van der Waals surface area (Å²) in [5.41, 5.74) is 10.1. The molecule has 0 saturated heterocycles. The van der Waals surface area contributed by atoms with Gasteiger partial charge in [-0.15, -0.1) is 0 Å². The summed E-state index contributed by atoms with van der Waals surface area (Å²) in [7, 11) is 0. The van der Waals surface area contributed by atoms with Crippen LogP contribution in [0.5, 0.6) is 0 Å². The van der Waals surface area contributed by atoms with E-state index in [4.69, 9.17) is 5.73 Å². The van der Waals surface area contributed by atoms with Crippen molar-refractivity contribution in [1.29, 1.82) is 0 Å². The average Bonchev–Trinajstić information content (AvgIpc) is 2.29. The fourth-order valence-electron chi connectivity index (χ4n) is 3.02. The van der Waals surface area contributed by atoms with Crippen LogP contribution in [0, 0.1) is 0 Å². The Morgan fingerprint density at radius 3 is 2.75 bits per heavy atom. The molecule has 0 heterocycles. The summed E-state index contributed by atoms with van der Waals surface area (Å²) in [4.78, 5) is 0. The van der Waals surface area contributed by atoms with Gasteiger partial charge in [-0.25, -0.2) is 0 Å². The molecule has 0 spiro atoms. The smallest absolute Gasteiger partial charge is 0.0396 e. The molecule has 2 N–H and O–H groups in total. The minimum absolute atomic E-state index is 0.675. The number of rotatable bonds is 0. The highest BCUT2D eigenvalue weighted by atomic mass is 14.6. The zero-order valence-electron chi connectivity index (χ0n) is 9.66. The molecule has 1 aliphatic rings. The van der Waals surface area contributed by atoms with Crippen molar-refractivity contribution in [1.82, 2.24) is 0 Å². The van der Waals surface area contributed by atoms with E-state index in [-0.39, 0.29) is 0 Å². The Morgan fingerprint density at radius 2 is 1.94 bits per heavy atom. The number of nitrogens with two attached hydrogens (primary N) is 1. The number of anilines is 1. The van der Waals surface area contributed by atoms with E-state index < -0.39 is 0 Å². The van der Waals surface area contributed by atoms with Crippen LogP contribution in [0.15, 0.2) is 30.3 Å². The highest BCUT2D eigenvalue weighted by Crippen LogP contribution is 2.38. The number of hydrogen-bond donors (Lipinski definition) is 1. The van der Waals surface area contributed by atoms with Crippen LogP contribution < -0.4 is 5.73 Å². The van der Waals surface area contributed by atoms with Gasteiger partial charge in [-0.1, -0.05) is 31.2 Å². The normalized spacial score (nSPS) is 19.7. The molecule has 2 aromatic rings. The molecule has 1 heteroatoms. The van der Waals surface area contributed by atoms with Crippen LogP contribution in [0.4, 0.5) is 5.69 Å². The van der Waals surface area contributed by atoms with Crippen molar-refractivity contribution in [2.24, 2.45) is 0 Å². The van der Waals surface area contributed by atoms with Crippen LogP contribution in [-0.4, -0.2) is 0 Å². The third-order valence-corrected chi connectivity index (χ3v) is 3.78. The lowest BCUT2D eigenvalue weighted by atomic mass is 9.80. The van der Waals surface area contributed by atoms with Gasteiger partial charge in [0.05, 0.1) is 0 Å². The average molecular weight is 211 g/mol. The minimum Gasteiger partial charge on any atom is -0.398 e. The molecule has 16 heavy (non-hydrogen) atoms. The van der Waals surface area contributed by atoms with Gasteiger partial charge in [0.15, 0.2) is 0 Å². The summed E-state index contributed by atoms with van der Waals surface area (Å²) in [5.74, 6) is 0.675. The monoisotopic (exact) mass is 211 g/mol. The Hall–Kier alpha value is -1.50. The molecular formula is C15H17N. The summed E-state index contributed by atoms with van der Waals surface area (Å²) in [6.07, 6.45) is 3.79. The van der Waals surface area contributed by atoms with Crippen molar-refractivity contribution >= 4 is 16.5 Å². The minimum atomic E-state index is 0.675. The Kier molecular flexibility index (Phi) is 2.13. The van der Waals surface area contributed by atoms with Gasteiger partial charge >= 0.3 is 0 Å². The molecule has 0 saturated carbocycles. The van der Waals surface area contributed by atoms with Crippen molar-refractivity contribution < 1.29 is 0 Å². The molecule has 1 nitrogen and oxygen atoms in total. The van der Waals surface area contributed by atoms with E-state index in [1.807, 2.05) is 0 Å². The van der Waals surface area contributed by atoms with Crippen molar-refractivity contribution in [3.63, 3.8) is 0 Å². The van der Waals surface area contributed by atoms with Gasteiger partial charge in [0.1, 0.15) is 0 Å². The molecular weight excluding hydrogens is 194 g/mol. The van der Waals surface area contributed by atoms with E-state index in [0.29, 0.717) is 5.92 Å². The molecule has 2 aromatic carbocycles. The molecule has 0 fully saturated rings. The molecule has 0 aliphatic heterocycles. The standard InChI is InChI=1S/C15H17N/c1-10-5-4-6-11-9-14(16)12-7-2-3-8-13(12)15(10)11/h2-3,7-10H,4-6,16H2,1H3/t10-/m1/s1. The van der Waals surface area contributed by atoms with Gasteiger partial charge < -0.3 is 5.73 Å². The maximum Gasteiger partial charge on any atom is 0.0396 e. The van der Waals surface area contributed by atoms with E-state index in [2.05, 4.69) is 37.3 Å². The van der Waals surface area contributed by atoms with Crippen LogP contribution in [-0.2, 0) is 6.42 Å². The first-order chi connectivity index (χ1) is 7.77. The van der Waals surface area contributed by atoms with Gasteiger partial charge in [0.25, 0.3) is 0 Å². The second-order valence-corrected chi connectivity index (χ2v) is 4.88. The van der Waals surface area contributed by atoms with Crippen LogP contribution >= 0.6 is 0 Å². The van der Waals surface area contributed by atoms with E-state index in [9.17, 15) is 0 Å². The summed E-state index contributed by atoms with van der Waals surface area (Å²) in [5, 5.41) is 2.58. The molecule has 3 rings (SSSR count).